The van der Waals surface area contributed by atoms with Gasteiger partial charge in [-0.1, -0.05) is 13.8 Å². The number of ether oxygens (including phenoxy) is 1. The summed E-state index contributed by atoms with van der Waals surface area (Å²) >= 11 is 0. The lowest BCUT2D eigenvalue weighted by molar-refractivity contribution is -0.136. The molecule has 4 bridgehead atoms. The van der Waals surface area contributed by atoms with Crippen LogP contribution in [0.5, 0.6) is 5.88 Å². The molecule has 4 N–H and O–H groups in total. The molecule has 1 aromatic rings. The molecule has 34 heavy (non-hydrogen) atoms. The van der Waals surface area contributed by atoms with Crippen LogP contribution in [0.25, 0.3) is 6.20 Å². The molecule has 2 unspecified atom stereocenters. The Labute approximate surface area is 201 Å². The van der Waals surface area contributed by atoms with Gasteiger partial charge < -0.3 is 25.8 Å². The normalized spacial score (nSPS) is 30.1. The highest BCUT2D eigenvalue weighted by molar-refractivity contribution is 5.96. The Morgan fingerprint density at radius 3 is 2.56 bits per heavy atom. The minimum Gasteiger partial charge on any atom is -0.477 e. The maximum absolute atomic E-state index is 13.4. The van der Waals surface area contributed by atoms with Crippen molar-refractivity contribution >= 4 is 18.1 Å². The second-order valence-corrected chi connectivity index (χ2v) is 11.4. The first-order valence-electron chi connectivity index (χ1n) is 12.4. The zero-order valence-electron chi connectivity index (χ0n) is 20.9. The molecule has 3 amide bonds. The van der Waals surface area contributed by atoms with Gasteiger partial charge >= 0.3 is 6.03 Å². The maximum atomic E-state index is 13.4. The van der Waals surface area contributed by atoms with E-state index in [4.69, 9.17) is 4.74 Å². The predicted octanol–water partition coefficient (Wildman–Crippen LogP) is 2.77. The van der Waals surface area contributed by atoms with E-state index in [1.54, 1.807) is 24.0 Å². The number of carbonyl (C=O) groups is 2. The minimum atomic E-state index is -0.635. The molecule has 0 spiro atoms. The largest absolute Gasteiger partial charge is 0.477 e. The zero-order valence-corrected chi connectivity index (χ0v) is 20.9. The van der Waals surface area contributed by atoms with Gasteiger partial charge in [0, 0.05) is 19.3 Å². The summed E-state index contributed by atoms with van der Waals surface area (Å²) in [6.07, 6.45) is 9.68. The number of carbonyl (C=O) groups excluding carboxylic acids is 2. The van der Waals surface area contributed by atoms with E-state index in [0.717, 1.165) is 32.1 Å². The topological polar surface area (TPSA) is 118 Å². The molecule has 9 heteroatoms. The Hall–Kier alpha value is -2.55. The number of nitrogens with zero attached hydrogens (tertiary/aromatic N) is 2. The Morgan fingerprint density at radius 1 is 1.29 bits per heavy atom. The number of nitrogens with one attached hydrogen (secondary N) is 3. The minimum absolute atomic E-state index is 0.0804. The van der Waals surface area contributed by atoms with Crippen molar-refractivity contribution in [2.24, 2.45) is 23.7 Å². The first kappa shape index (κ1) is 24.6. The smallest absolute Gasteiger partial charge is 0.315 e. The van der Waals surface area contributed by atoms with Crippen LogP contribution in [0.2, 0.25) is 0 Å². The summed E-state index contributed by atoms with van der Waals surface area (Å²) in [5.41, 5.74) is -0.770. The summed E-state index contributed by atoms with van der Waals surface area (Å²) in [7, 11) is 1.56. The van der Waals surface area contributed by atoms with Crippen molar-refractivity contribution in [1.29, 1.82) is 0 Å². The van der Waals surface area contributed by atoms with Crippen molar-refractivity contribution in [3.8, 4) is 5.88 Å². The summed E-state index contributed by atoms with van der Waals surface area (Å²) in [5.74, 6) is 1.71. The summed E-state index contributed by atoms with van der Waals surface area (Å²) in [6.45, 7) is 8.27. The number of hydrogen-bond acceptors (Lipinski definition) is 5. The van der Waals surface area contributed by atoms with E-state index in [1.807, 2.05) is 27.7 Å². The first-order valence-corrected chi connectivity index (χ1v) is 12.4. The molecule has 4 saturated carbocycles. The van der Waals surface area contributed by atoms with E-state index in [0.29, 0.717) is 35.8 Å². The molecule has 0 aliphatic heterocycles. The lowest BCUT2D eigenvalue weighted by Crippen LogP contribution is -2.61. The number of amides is 3. The molecular formula is C25H39N5O4. The number of rotatable bonds is 8. The summed E-state index contributed by atoms with van der Waals surface area (Å²) < 4.78 is 7.58. The average Bonchev–Trinajstić information content (AvgIpc) is 3.14. The van der Waals surface area contributed by atoms with Crippen molar-refractivity contribution in [3.05, 3.63) is 17.8 Å². The molecule has 4 fully saturated rings. The van der Waals surface area contributed by atoms with Gasteiger partial charge in [-0.05, 0) is 75.7 Å². The Morgan fingerprint density at radius 2 is 1.97 bits per heavy atom. The second-order valence-electron chi connectivity index (χ2n) is 11.4. The summed E-state index contributed by atoms with van der Waals surface area (Å²) in [6, 6.07) is -0.205. The van der Waals surface area contributed by atoms with Crippen LogP contribution in [0.1, 0.15) is 70.2 Å². The van der Waals surface area contributed by atoms with E-state index >= 15 is 0 Å². The Bertz CT molecular complexity index is 937. The van der Waals surface area contributed by atoms with Crippen molar-refractivity contribution < 1.29 is 19.4 Å². The van der Waals surface area contributed by atoms with E-state index < -0.39 is 11.1 Å². The van der Waals surface area contributed by atoms with Gasteiger partial charge in [0.15, 0.2) is 0 Å². The van der Waals surface area contributed by atoms with Gasteiger partial charge in [-0.15, -0.1) is 0 Å². The maximum Gasteiger partial charge on any atom is 0.315 e. The van der Waals surface area contributed by atoms with Gasteiger partial charge in [-0.3, -0.25) is 4.79 Å². The quantitative estimate of drug-likeness (QED) is 0.463. The van der Waals surface area contributed by atoms with Gasteiger partial charge in [-0.2, -0.15) is 5.10 Å². The lowest BCUT2D eigenvalue weighted by Gasteiger charge is -2.58. The molecule has 2 atom stereocenters. The summed E-state index contributed by atoms with van der Waals surface area (Å²) in [5, 5.41) is 23.9. The fourth-order valence-electron chi connectivity index (χ4n) is 6.10. The number of aromatic nitrogens is 2. The monoisotopic (exact) mass is 473 g/mol. The lowest BCUT2D eigenvalue weighted by atomic mass is 9.52. The van der Waals surface area contributed by atoms with Gasteiger partial charge in [0.25, 0.3) is 5.91 Å². The first-order chi connectivity index (χ1) is 16.0. The number of aliphatic hydroxyl groups is 1. The number of urea groups is 1. The van der Waals surface area contributed by atoms with Crippen LogP contribution in [0.15, 0.2) is 12.3 Å². The van der Waals surface area contributed by atoms with Crippen molar-refractivity contribution in [2.75, 3.05) is 13.7 Å². The summed E-state index contributed by atoms with van der Waals surface area (Å²) in [4.78, 5) is 25.1. The molecule has 0 saturated heterocycles. The fourth-order valence-corrected chi connectivity index (χ4v) is 6.10. The van der Waals surface area contributed by atoms with E-state index in [-0.39, 0.29) is 23.9 Å². The third kappa shape index (κ3) is 5.24. The molecule has 1 heterocycles. The predicted molar refractivity (Wildman–Crippen MR) is 129 cm³/mol. The molecule has 188 valence electrons. The van der Waals surface area contributed by atoms with Crippen LogP contribution in [0.4, 0.5) is 4.79 Å². The average molecular weight is 474 g/mol. The van der Waals surface area contributed by atoms with Crippen LogP contribution in [0, 0.1) is 23.7 Å². The standard InChI is InChI=1S/C25H39N5O4/c1-15(2)14-34-22-19(13-27-30(22)7-6-24(3,4)29-23(32)26-5)21(31)28-20-17-8-16-9-18(20)12-25(33,10-16)11-17/h6-7,13,15-18,20,33H,8-12,14H2,1-5H3,(H,28,31)(H2,26,29,32)/b7-6+/t16?,17?,18?,20-,25-. The SMILES string of the molecule is CNC(=O)NC(C)(C)/C=C/n1ncc(C(=O)N[C@H]2C3CC4CC2C[C@](O)(C4)C3)c1OCC(C)C. The highest BCUT2D eigenvalue weighted by atomic mass is 16.5. The molecule has 0 aromatic carbocycles. The number of hydrogen-bond donors (Lipinski definition) is 4. The van der Waals surface area contributed by atoms with Gasteiger partial charge in [0.2, 0.25) is 5.88 Å². The Kier molecular flexibility index (Phi) is 6.68. The van der Waals surface area contributed by atoms with Gasteiger partial charge in [0.1, 0.15) is 5.56 Å². The van der Waals surface area contributed by atoms with Crippen molar-refractivity contribution in [3.63, 3.8) is 0 Å². The Balaban J connectivity index is 1.52. The van der Waals surface area contributed by atoms with Crippen molar-refractivity contribution in [2.45, 2.75) is 77.0 Å². The zero-order chi connectivity index (χ0) is 24.7. The third-order valence-corrected chi connectivity index (χ3v) is 7.38. The fraction of sp³-hybridized carbons (Fsp3) is 0.720. The van der Waals surface area contributed by atoms with Crippen LogP contribution >= 0.6 is 0 Å². The highest BCUT2D eigenvalue weighted by Crippen LogP contribution is 2.55. The molecule has 1 aromatic heterocycles. The van der Waals surface area contributed by atoms with Crippen LogP contribution in [0.3, 0.4) is 0 Å². The van der Waals surface area contributed by atoms with Gasteiger partial charge in [-0.25, -0.2) is 9.48 Å². The van der Waals surface area contributed by atoms with E-state index in [1.165, 1.54) is 6.20 Å². The molecule has 4 aliphatic carbocycles. The van der Waals surface area contributed by atoms with Crippen LogP contribution in [-0.4, -0.2) is 57.7 Å². The molecule has 4 aliphatic rings. The van der Waals surface area contributed by atoms with Gasteiger partial charge in [0.05, 0.1) is 23.9 Å². The molecule has 9 nitrogen and oxygen atoms in total. The van der Waals surface area contributed by atoms with Crippen LogP contribution < -0.4 is 20.7 Å². The second kappa shape index (κ2) is 9.24. The van der Waals surface area contributed by atoms with E-state index in [2.05, 4.69) is 21.0 Å². The van der Waals surface area contributed by atoms with Crippen molar-refractivity contribution in [1.82, 2.24) is 25.7 Å². The third-order valence-electron chi connectivity index (χ3n) is 7.38. The highest BCUT2D eigenvalue weighted by Gasteiger charge is 2.55. The molecular weight excluding hydrogens is 434 g/mol. The molecule has 5 rings (SSSR count). The van der Waals surface area contributed by atoms with Crippen LogP contribution in [-0.2, 0) is 0 Å². The van der Waals surface area contributed by atoms with E-state index in [9.17, 15) is 14.7 Å². The molecule has 0 radical (unpaired) electrons.